The van der Waals surface area contributed by atoms with Crippen molar-refractivity contribution in [2.75, 3.05) is 20.1 Å². The molecule has 4 rings (SSSR count). The minimum Gasteiger partial charge on any atom is -0.359 e. The van der Waals surface area contributed by atoms with Gasteiger partial charge in [0.05, 0.1) is 5.92 Å². The summed E-state index contributed by atoms with van der Waals surface area (Å²) in [7, 11) is 1.63. The van der Waals surface area contributed by atoms with Crippen LogP contribution in [-0.4, -0.2) is 41.8 Å². The number of aromatic amines is 1. The average molecular weight is 389 g/mol. The zero-order valence-electron chi connectivity index (χ0n) is 16.3. The molecule has 0 radical (unpaired) electrons. The molecule has 1 atom stereocenters. The van der Waals surface area contributed by atoms with Crippen molar-refractivity contribution in [3.63, 3.8) is 0 Å². The van der Waals surface area contributed by atoms with E-state index in [0.717, 1.165) is 29.4 Å². The van der Waals surface area contributed by atoms with E-state index in [1.165, 1.54) is 0 Å². The maximum absolute atomic E-state index is 12.9. The molecule has 6 heteroatoms. The Morgan fingerprint density at radius 1 is 1.07 bits per heavy atom. The third kappa shape index (κ3) is 3.78. The summed E-state index contributed by atoms with van der Waals surface area (Å²) in [4.78, 5) is 41.1. The molecule has 0 aliphatic carbocycles. The lowest BCUT2D eigenvalue weighted by Crippen LogP contribution is -2.44. The highest BCUT2D eigenvalue weighted by molar-refractivity contribution is 5.95. The molecule has 1 fully saturated rings. The minimum atomic E-state index is -0.141. The van der Waals surface area contributed by atoms with E-state index >= 15 is 0 Å². The van der Waals surface area contributed by atoms with Gasteiger partial charge in [0.25, 0.3) is 11.5 Å². The predicted octanol–water partition coefficient (Wildman–Crippen LogP) is 2.79. The Morgan fingerprint density at radius 3 is 2.59 bits per heavy atom. The second-order valence-electron chi connectivity index (χ2n) is 7.39. The Kier molecular flexibility index (Phi) is 5.16. The number of hydrogen-bond donors (Lipinski definition) is 2. The Balaban J connectivity index is 1.54. The van der Waals surface area contributed by atoms with Gasteiger partial charge in [-0.3, -0.25) is 14.4 Å². The maximum atomic E-state index is 12.9. The highest BCUT2D eigenvalue weighted by Gasteiger charge is 2.28. The van der Waals surface area contributed by atoms with Crippen LogP contribution in [0, 0.1) is 5.92 Å². The zero-order valence-corrected chi connectivity index (χ0v) is 16.3. The summed E-state index contributed by atoms with van der Waals surface area (Å²) in [5.41, 5.74) is 2.47. The Hall–Kier alpha value is -3.41. The van der Waals surface area contributed by atoms with Crippen LogP contribution < -0.4 is 10.9 Å². The first-order valence-corrected chi connectivity index (χ1v) is 9.79. The molecule has 1 aliphatic heterocycles. The lowest BCUT2D eigenvalue weighted by atomic mass is 9.96. The van der Waals surface area contributed by atoms with Crippen LogP contribution in [0.2, 0.25) is 0 Å². The molecule has 2 heterocycles. The van der Waals surface area contributed by atoms with Crippen LogP contribution in [0.1, 0.15) is 23.2 Å². The van der Waals surface area contributed by atoms with E-state index in [4.69, 9.17) is 0 Å². The third-order valence-corrected chi connectivity index (χ3v) is 5.56. The van der Waals surface area contributed by atoms with Crippen molar-refractivity contribution >= 4 is 22.6 Å². The number of H-pyrrole nitrogens is 1. The van der Waals surface area contributed by atoms with Gasteiger partial charge in [-0.1, -0.05) is 18.2 Å². The number of carbonyl (C=O) groups is 2. The first-order valence-electron chi connectivity index (χ1n) is 9.79. The van der Waals surface area contributed by atoms with Crippen LogP contribution in [0.15, 0.2) is 59.5 Å². The molecule has 29 heavy (non-hydrogen) atoms. The van der Waals surface area contributed by atoms with Gasteiger partial charge in [-0.2, -0.15) is 0 Å². The number of amides is 2. The summed E-state index contributed by atoms with van der Waals surface area (Å²) in [6.07, 6.45) is 3.28. The Labute approximate surface area is 168 Å². The van der Waals surface area contributed by atoms with Crippen LogP contribution in [0.25, 0.3) is 21.9 Å². The number of aromatic nitrogens is 1. The number of nitrogens with one attached hydrogen (secondary N) is 2. The predicted molar refractivity (Wildman–Crippen MR) is 113 cm³/mol. The molecule has 0 bridgehead atoms. The molecule has 2 amide bonds. The SMILES string of the molecule is CNC(=O)[C@@H]1CCCN(C(=O)c2ccc(-c3ccc4c(=O)[nH]ccc4c3)cc2)C1. The fourth-order valence-corrected chi connectivity index (χ4v) is 3.94. The van der Waals surface area contributed by atoms with E-state index < -0.39 is 0 Å². The molecule has 0 saturated carbocycles. The number of hydrogen-bond acceptors (Lipinski definition) is 3. The highest BCUT2D eigenvalue weighted by Crippen LogP contribution is 2.24. The van der Waals surface area contributed by atoms with E-state index in [2.05, 4.69) is 10.3 Å². The topological polar surface area (TPSA) is 82.3 Å². The van der Waals surface area contributed by atoms with Gasteiger partial charge in [0.15, 0.2) is 0 Å². The molecule has 3 aromatic rings. The van der Waals surface area contributed by atoms with Crippen LogP contribution in [-0.2, 0) is 4.79 Å². The fourth-order valence-electron chi connectivity index (χ4n) is 3.94. The molecular formula is C23H23N3O3. The highest BCUT2D eigenvalue weighted by atomic mass is 16.2. The molecule has 1 aliphatic rings. The minimum absolute atomic E-state index is 0.00649. The lowest BCUT2D eigenvalue weighted by molar-refractivity contribution is -0.125. The second kappa shape index (κ2) is 7.91. The lowest BCUT2D eigenvalue weighted by Gasteiger charge is -2.31. The molecule has 2 aromatic carbocycles. The Bertz CT molecular complexity index is 1120. The number of rotatable bonds is 3. The standard InChI is InChI=1S/C23H23N3O3/c1-24-21(27)19-3-2-12-26(14-19)23(29)16-6-4-15(5-7-16)17-8-9-20-18(13-17)10-11-25-22(20)28/h4-11,13,19H,2-3,12,14H2,1H3,(H,24,27)(H,25,28)/t19-/m1/s1. The van der Waals surface area contributed by atoms with Crippen molar-refractivity contribution in [2.24, 2.45) is 5.92 Å². The van der Waals surface area contributed by atoms with Gasteiger partial charge >= 0.3 is 0 Å². The molecular weight excluding hydrogens is 366 g/mol. The number of benzene rings is 2. The molecule has 6 nitrogen and oxygen atoms in total. The average Bonchev–Trinajstić information content (AvgIpc) is 2.78. The number of pyridine rings is 1. The van der Waals surface area contributed by atoms with Crippen molar-refractivity contribution in [1.29, 1.82) is 0 Å². The summed E-state index contributed by atoms with van der Waals surface area (Å²) >= 11 is 0. The number of fused-ring (bicyclic) bond motifs is 1. The number of piperidine rings is 1. The monoisotopic (exact) mass is 389 g/mol. The molecule has 1 saturated heterocycles. The van der Waals surface area contributed by atoms with E-state index in [1.807, 2.05) is 48.5 Å². The van der Waals surface area contributed by atoms with Crippen LogP contribution in [0.3, 0.4) is 0 Å². The fraction of sp³-hybridized carbons (Fsp3) is 0.261. The van der Waals surface area contributed by atoms with Gasteiger partial charge in [0, 0.05) is 37.3 Å². The van der Waals surface area contributed by atoms with Crippen molar-refractivity contribution in [2.45, 2.75) is 12.8 Å². The second-order valence-corrected chi connectivity index (χ2v) is 7.39. The molecule has 2 N–H and O–H groups in total. The van der Waals surface area contributed by atoms with Crippen LogP contribution >= 0.6 is 0 Å². The largest absolute Gasteiger partial charge is 0.359 e. The van der Waals surface area contributed by atoms with E-state index in [0.29, 0.717) is 24.0 Å². The van der Waals surface area contributed by atoms with Crippen molar-refractivity contribution < 1.29 is 9.59 Å². The first-order chi connectivity index (χ1) is 14.1. The van der Waals surface area contributed by atoms with Crippen molar-refractivity contribution in [3.8, 4) is 11.1 Å². The van der Waals surface area contributed by atoms with Gasteiger partial charge in [-0.25, -0.2) is 0 Å². The smallest absolute Gasteiger partial charge is 0.255 e. The zero-order chi connectivity index (χ0) is 20.4. The number of carbonyl (C=O) groups excluding carboxylic acids is 2. The van der Waals surface area contributed by atoms with Crippen molar-refractivity contribution in [3.05, 3.63) is 70.6 Å². The third-order valence-electron chi connectivity index (χ3n) is 5.56. The van der Waals surface area contributed by atoms with Gasteiger partial charge in [-0.05, 0) is 59.7 Å². The summed E-state index contributed by atoms with van der Waals surface area (Å²) in [5, 5.41) is 4.20. The molecule has 0 unspecified atom stereocenters. The molecule has 1 aromatic heterocycles. The van der Waals surface area contributed by atoms with E-state index in [9.17, 15) is 14.4 Å². The normalized spacial score (nSPS) is 16.6. The van der Waals surface area contributed by atoms with E-state index in [1.54, 1.807) is 18.1 Å². The van der Waals surface area contributed by atoms with Gasteiger partial charge in [0.1, 0.15) is 0 Å². The van der Waals surface area contributed by atoms with Gasteiger partial charge in [0.2, 0.25) is 5.91 Å². The van der Waals surface area contributed by atoms with Gasteiger partial charge < -0.3 is 15.2 Å². The summed E-state index contributed by atoms with van der Waals surface area (Å²) in [5.74, 6) is -0.194. The number of nitrogens with zero attached hydrogens (tertiary/aromatic N) is 1. The van der Waals surface area contributed by atoms with Crippen LogP contribution in [0.4, 0.5) is 0 Å². The quantitative estimate of drug-likeness (QED) is 0.723. The van der Waals surface area contributed by atoms with Crippen molar-refractivity contribution in [1.82, 2.24) is 15.2 Å². The summed E-state index contributed by atoms with van der Waals surface area (Å²) in [6, 6.07) is 15.1. The summed E-state index contributed by atoms with van der Waals surface area (Å²) in [6.45, 7) is 1.13. The molecule has 0 spiro atoms. The summed E-state index contributed by atoms with van der Waals surface area (Å²) < 4.78 is 0. The van der Waals surface area contributed by atoms with E-state index in [-0.39, 0.29) is 23.3 Å². The maximum Gasteiger partial charge on any atom is 0.255 e. The Morgan fingerprint density at radius 2 is 1.83 bits per heavy atom. The first kappa shape index (κ1) is 18.9. The van der Waals surface area contributed by atoms with Crippen LogP contribution in [0.5, 0.6) is 0 Å². The molecule has 148 valence electrons. The number of likely N-dealkylation sites (tertiary alicyclic amines) is 1. The van der Waals surface area contributed by atoms with Gasteiger partial charge in [-0.15, -0.1) is 0 Å².